The Hall–Kier alpha value is -1.75. The number of carbonyl (C=O) groups excluding carboxylic acids is 1. The van der Waals surface area contributed by atoms with Crippen molar-refractivity contribution < 1.29 is 18.0 Å². The number of hydrogen-bond donors (Lipinski definition) is 1. The van der Waals surface area contributed by atoms with Crippen molar-refractivity contribution >= 4 is 16.8 Å². The maximum Gasteiger partial charge on any atom is 0.240 e. The number of halogens is 2. The summed E-state index contributed by atoms with van der Waals surface area (Å²) >= 11 is 0. The number of nitrogens with one attached hydrogen (secondary N) is 1. The molecule has 0 saturated heterocycles. The van der Waals surface area contributed by atoms with Crippen molar-refractivity contribution in [3.63, 3.8) is 0 Å². The lowest BCUT2D eigenvalue weighted by Gasteiger charge is -2.16. The maximum atomic E-state index is 12.5. The van der Waals surface area contributed by atoms with Gasteiger partial charge in [-0.25, -0.2) is 8.78 Å². The Balaban J connectivity index is 2.24. The summed E-state index contributed by atoms with van der Waals surface area (Å²) in [6, 6.07) is 5.89. The van der Waals surface area contributed by atoms with Crippen LogP contribution in [0.2, 0.25) is 0 Å². The van der Waals surface area contributed by atoms with Crippen molar-refractivity contribution in [2.75, 3.05) is 6.54 Å². The van der Waals surface area contributed by atoms with Gasteiger partial charge in [0.05, 0.1) is 12.3 Å². The van der Waals surface area contributed by atoms with E-state index in [1.807, 2.05) is 0 Å². The quantitative estimate of drug-likeness (QED) is 0.817. The van der Waals surface area contributed by atoms with E-state index in [2.05, 4.69) is 5.32 Å². The molecule has 19 heavy (non-hydrogen) atoms. The van der Waals surface area contributed by atoms with Gasteiger partial charge in [-0.15, -0.1) is 0 Å². The molecule has 1 unspecified atom stereocenters. The number of fused-ring (bicyclic) bond motifs is 1. The van der Waals surface area contributed by atoms with Crippen molar-refractivity contribution in [1.82, 2.24) is 5.32 Å². The Morgan fingerprint density at radius 2 is 2.16 bits per heavy atom. The Morgan fingerprint density at radius 3 is 2.84 bits per heavy atom. The normalized spacial score (nSPS) is 13.1. The number of hydrogen-bond acceptors (Lipinski definition) is 3. The SMILES string of the molecule is CCNC(CC(F)F)C(=O)c1ccc2ccoc2c1. The van der Waals surface area contributed by atoms with Crippen LogP contribution in [0.1, 0.15) is 23.7 Å². The van der Waals surface area contributed by atoms with Gasteiger partial charge in [-0.1, -0.05) is 19.1 Å². The van der Waals surface area contributed by atoms with Crippen LogP contribution in [0, 0.1) is 0 Å². The third-order valence-electron chi connectivity index (χ3n) is 2.92. The Morgan fingerprint density at radius 1 is 1.37 bits per heavy atom. The second-order valence-corrected chi connectivity index (χ2v) is 4.27. The Bertz CT molecular complexity index is 565. The summed E-state index contributed by atoms with van der Waals surface area (Å²) in [7, 11) is 0. The Labute approximate surface area is 109 Å². The van der Waals surface area contributed by atoms with E-state index >= 15 is 0 Å². The molecule has 1 N–H and O–H groups in total. The largest absolute Gasteiger partial charge is 0.464 e. The third kappa shape index (κ3) is 3.17. The molecule has 0 aliphatic rings. The van der Waals surface area contributed by atoms with Crippen LogP contribution < -0.4 is 5.32 Å². The Kier molecular flexibility index (Phi) is 4.27. The summed E-state index contributed by atoms with van der Waals surface area (Å²) in [4.78, 5) is 12.2. The van der Waals surface area contributed by atoms with Gasteiger partial charge in [-0.3, -0.25) is 4.79 Å². The molecule has 0 amide bonds. The summed E-state index contributed by atoms with van der Waals surface area (Å²) in [6.07, 6.45) is -1.47. The van der Waals surface area contributed by atoms with Gasteiger partial charge >= 0.3 is 0 Å². The molecule has 2 aromatic rings. The number of Topliss-reactive ketones (excluding diaryl/α,β-unsaturated/α-hetero) is 1. The molecule has 3 nitrogen and oxygen atoms in total. The van der Waals surface area contributed by atoms with Crippen LogP contribution >= 0.6 is 0 Å². The van der Waals surface area contributed by atoms with Crippen LogP contribution in [0.3, 0.4) is 0 Å². The van der Waals surface area contributed by atoms with Crippen molar-refractivity contribution in [3.05, 3.63) is 36.1 Å². The molecule has 1 aromatic carbocycles. The summed E-state index contributed by atoms with van der Waals surface area (Å²) in [5.41, 5.74) is 0.965. The average molecular weight is 267 g/mol. The van der Waals surface area contributed by atoms with E-state index in [1.165, 1.54) is 6.26 Å². The van der Waals surface area contributed by atoms with E-state index in [0.717, 1.165) is 5.39 Å². The molecule has 0 saturated carbocycles. The molecule has 0 aliphatic carbocycles. The first-order chi connectivity index (χ1) is 9.11. The number of ketones is 1. The fourth-order valence-corrected chi connectivity index (χ4v) is 2.02. The smallest absolute Gasteiger partial charge is 0.240 e. The number of carbonyl (C=O) groups is 1. The van der Waals surface area contributed by atoms with E-state index in [0.29, 0.717) is 17.7 Å². The first-order valence-corrected chi connectivity index (χ1v) is 6.14. The van der Waals surface area contributed by atoms with Crippen LogP contribution in [0.4, 0.5) is 8.78 Å². The van der Waals surface area contributed by atoms with E-state index in [1.54, 1.807) is 31.2 Å². The first kappa shape index (κ1) is 13.7. The minimum Gasteiger partial charge on any atom is -0.464 e. The summed E-state index contributed by atoms with van der Waals surface area (Å²) in [5.74, 6) is -0.333. The highest BCUT2D eigenvalue weighted by molar-refractivity contribution is 6.02. The van der Waals surface area contributed by atoms with Gasteiger partial charge < -0.3 is 9.73 Å². The van der Waals surface area contributed by atoms with Crippen LogP contribution in [0.25, 0.3) is 11.0 Å². The molecule has 1 heterocycles. The van der Waals surface area contributed by atoms with E-state index in [-0.39, 0.29) is 5.78 Å². The van der Waals surface area contributed by atoms with E-state index < -0.39 is 18.9 Å². The van der Waals surface area contributed by atoms with E-state index in [9.17, 15) is 13.6 Å². The van der Waals surface area contributed by atoms with Gasteiger partial charge in [-0.2, -0.15) is 0 Å². The lowest BCUT2D eigenvalue weighted by atomic mass is 10.0. The van der Waals surface area contributed by atoms with Gasteiger partial charge in [0.2, 0.25) is 6.43 Å². The maximum absolute atomic E-state index is 12.5. The zero-order chi connectivity index (χ0) is 13.8. The second kappa shape index (κ2) is 5.93. The summed E-state index contributed by atoms with van der Waals surface area (Å²) in [5, 5.41) is 3.67. The minimum absolute atomic E-state index is 0.333. The van der Waals surface area contributed by atoms with Crippen molar-refractivity contribution in [2.24, 2.45) is 0 Å². The van der Waals surface area contributed by atoms with Crippen LogP contribution in [-0.2, 0) is 0 Å². The van der Waals surface area contributed by atoms with Crippen LogP contribution in [0.5, 0.6) is 0 Å². The first-order valence-electron chi connectivity index (χ1n) is 6.14. The summed E-state index contributed by atoms with van der Waals surface area (Å²) in [6.45, 7) is 2.24. The molecule has 0 spiro atoms. The molecule has 0 radical (unpaired) electrons. The van der Waals surface area contributed by atoms with E-state index in [4.69, 9.17) is 4.42 Å². The highest BCUT2D eigenvalue weighted by atomic mass is 19.3. The second-order valence-electron chi connectivity index (χ2n) is 4.27. The van der Waals surface area contributed by atoms with Gasteiger partial charge in [0.25, 0.3) is 0 Å². The summed E-state index contributed by atoms with van der Waals surface area (Å²) < 4.78 is 30.2. The van der Waals surface area contributed by atoms with Gasteiger partial charge in [0.15, 0.2) is 5.78 Å². The highest BCUT2D eigenvalue weighted by Gasteiger charge is 2.23. The number of furan rings is 1. The monoisotopic (exact) mass is 267 g/mol. The predicted octanol–water partition coefficient (Wildman–Crippen LogP) is 3.25. The number of rotatable bonds is 6. The lowest BCUT2D eigenvalue weighted by Crippen LogP contribution is -2.38. The van der Waals surface area contributed by atoms with Gasteiger partial charge in [0.1, 0.15) is 5.58 Å². The average Bonchev–Trinajstić information content (AvgIpc) is 2.84. The zero-order valence-corrected chi connectivity index (χ0v) is 10.5. The molecular formula is C14H15F2NO2. The number of alkyl halides is 2. The molecule has 2 rings (SSSR count). The molecule has 0 fully saturated rings. The number of benzene rings is 1. The van der Waals surface area contributed by atoms with Crippen LogP contribution in [0.15, 0.2) is 34.9 Å². The predicted molar refractivity (Wildman–Crippen MR) is 68.6 cm³/mol. The highest BCUT2D eigenvalue weighted by Crippen LogP contribution is 2.19. The fourth-order valence-electron chi connectivity index (χ4n) is 2.02. The molecular weight excluding hydrogens is 252 g/mol. The minimum atomic E-state index is -2.51. The molecule has 0 aliphatic heterocycles. The zero-order valence-electron chi connectivity index (χ0n) is 10.5. The lowest BCUT2D eigenvalue weighted by molar-refractivity contribution is 0.0831. The van der Waals surface area contributed by atoms with Gasteiger partial charge in [0, 0.05) is 17.4 Å². The number of likely N-dealkylation sites (N-methyl/N-ethyl adjacent to an activating group) is 1. The topological polar surface area (TPSA) is 42.2 Å². The fraction of sp³-hybridized carbons (Fsp3) is 0.357. The van der Waals surface area contributed by atoms with Crippen molar-refractivity contribution in [2.45, 2.75) is 25.8 Å². The van der Waals surface area contributed by atoms with Crippen molar-refractivity contribution in [3.8, 4) is 0 Å². The van der Waals surface area contributed by atoms with Gasteiger partial charge in [-0.05, 0) is 18.7 Å². The molecule has 1 atom stereocenters. The molecule has 5 heteroatoms. The molecule has 102 valence electrons. The molecule has 1 aromatic heterocycles. The van der Waals surface area contributed by atoms with Crippen molar-refractivity contribution in [1.29, 1.82) is 0 Å². The molecule has 0 bridgehead atoms. The standard InChI is InChI=1S/C14H15F2NO2/c1-2-17-11(8-13(15)16)14(18)10-4-3-9-5-6-19-12(9)7-10/h3-7,11,13,17H,2,8H2,1H3. The van der Waals surface area contributed by atoms with Crippen LogP contribution in [-0.4, -0.2) is 24.8 Å². The third-order valence-corrected chi connectivity index (χ3v) is 2.92.